The molecule has 1 aliphatic heterocycles. The number of tetrazole rings is 1. The van der Waals surface area contributed by atoms with Gasteiger partial charge in [-0.3, -0.25) is 0 Å². The van der Waals surface area contributed by atoms with Crippen LogP contribution in [0.5, 0.6) is 0 Å². The van der Waals surface area contributed by atoms with Crippen LogP contribution in [0.3, 0.4) is 0 Å². The number of rotatable bonds is 3. The van der Waals surface area contributed by atoms with Crippen LogP contribution >= 0.6 is 11.6 Å². The molecule has 0 spiro atoms. The third-order valence-corrected chi connectivity index (χ3v) is 3.40. The lowest BCUT2D eigenvalue weighted by atomic mass is 10.1. The lowest BCUT2D eigenvalue weighted by Gasteiger charge is -2.02. The standard InChI is InChI=1S/C12H14ClN5/c13-10-1-3-11(4-2-10)18-16-12(15-17-18)7-9-5-6-14-8-9/h1-4,9,14H,5-8H2. The van der Waals surface area contributed by atoms with E-state index in [-0.39, 0.29) is 0 Å². The van der Waals surface area contributed by atoms with Crippen molar-refractivity contribution in [1.29, 1.82) is 0 Å². The summed E-state index contributed by atoms with van der Waals surface area (Å²) < 4.78 is 0. The maximum absolute atomic E-state index is 5.85. The second kappa shape index (κ2) is 5.04. The molecule has 94 valence electrons. The van der Waals surface area contributed by atoms with Crippen molar-refractivity contribution in [2.24, 2.45) is 5.92 Å². The normalized spacial score (nSPS) is 19.3. The Balaban J connectivity index is 1.74. The van der Waals surface area contributed by atoms with Gasteiger partial charge in [-0.25, -0.2) is 0 Å². The van der Waals surface area contributed by atoms with Crippen LogP contribution in [0.25, 0.3) is 5.69 Å². The molecule has 5 nitrogen and oxygen atoms in total. The highest BCUT2D eigenvalue weighted by atomic mass is 35.5. The Morgan fingerprint density at radius 3 is 2.89 bits per heavy atom. The minimum absolute atomic E-state index is 0.632. The molecule has 2 heterocycles. The van der Waals surface area contributed by atoms with E-state index in [0.29, 0.717) is 10.9 Å². The molecule has 1 N–H and O–H groups in total. The van der Waals surface area contributed by atoms with Crippen molar-refractivity contribution in [3.8, 4) is 5.69 Å². The monoisotopic (exact) mass is 263 g/mol. The number of benzene rings is 1. The number of hydrogen-bond acceptors (Lipinski definition) is 4. The number of nitrogens with zero attached hydrogens (tertiary/aromatic N) is 4. The number of nitrogens with one attached hydrogen (secondary N) is 1. The Kier molecular flexibility index (Phi) is 3.25. The first-order valence-corrected chi connectivity index (χ1v) is 6.44. The van der Waals surface area contributed by atoms with Crippen molar-refractivity contribution < 1.29 is 0 Å². The third kappa shape index (κ3) is 2.52. The van der Waals surface area contributed by atoms with E-state index in [1.807, 2.05) is 24.3 Å². The van der Waals surface area contributed by atoms with Gasteiger partial charge < -0.3 is 5.32 Å². The summed E-state index contributed by atoms with van der Waals surface area (Å²) in [4.78, 5) is 1.55. The zero-order chi connectivity index (χ0) is 12.4. The molecular weight excluding hydrogens is 250 g/mol. The molecule has 1 aromatic carbocycles. The van der Waals surface area contributed by atoms with Crippen LogP contribution in [0.2, 0.25) is 5.02 Å². The highest BCUT2D eigenvalue weighted by Crippen LogP contribution is 2.14. The van der Waals surface area contributed by atoms with Gasteiger partial charge in [-0.15, -0.1) is 15.0 Å². The van der Waals surface area contributed by atoms with E-state index in [1.54, 1.807) is 4.80 Å². The van der Waals surface area contributed by atoms with E-state index in [1.165, 1.54) is 6.42 Å². The van der Waals surface area contributed by atoms with Crippen LogP contribution in [0.1, 0.15) is 12.2 Å². The van der Waals surface area contributed by atoms with Gasteiger partial charge in [-0.2, -0.15) is 0 Å². The third-order valence-electron chi connectivity index (χ3n) is 3.15. The second-order valence-corrected chi connectivity index (χ2v) is 4.97. The summed E-state index contributed by atoms with van der Waals surface area (Å²) in [6.07, 6.45) is 2.08. The molecule has 0 amide bonds. The second-order valence-electron chi connectivity index (χ2n) is 4.53. The van der Waals surface area contributed by atoms with Gasteiger partial charge in [0.05, 0.1) is 5.69 Å². The quantitative estimate of drug-likeness (QED) is 0.911. The minimum atomic E-state index is 0.632. The fourth-order valence-electron chi connectivity index (χ4n) is 2.16. The van der Waals surface area contributed by atoms with Crippen molar-refractivity contribution in [2.75, 3.05) is 13.1 Å². The summed E-state index contributed by atoms with van der Waals surface area (Å²) in [7, 11) is 0. The average molecular weight is 264 g/mol. The summed E-state index contributed by atoms with van der Waals surface area (Å²) in [5.41, 5.74) is 0.877. The highest BCUT2D eigenvalue weighted by molar-refractivity contribution is 6.30. The molecule has 1 aliphatic rings. The van der Waals surface area contributed by atoms with Gasteiger partial charge in [0.1, 0.15) is 0 Å². The first-order chi connectivity index (χ1) is 8.81. The van der Waals surface area contributed by atoms with Crippen molar-refractivity contribution >= 4 is 11.6 Å². The van der Waals surface area contributed by atoms with Gasteiger partial charge in [-0.1, -0.05) is 11.6 Å². The van der Waals surface area contributed by atoms with E-state index >= 15 is 0 Å². The van der Waals surface area contributed by atoms with E-state index in [9.17, 15) is 0 Å². The molecule has 0 radical (unpaired) electrons. The van der Waals surface area contributed by atoms with Gasteiger partial charge in [-0.05, 0) is 54.9 Å². The molecule has 1 unspecified atom stereocenters. The van der Waals surface area contributed by atoms with Crippen molar-refractivity contribution in [1.82, 2.24) is 25.5 Å². The fraction of sp³-hybridized carbons (Fsp3) is 0.417. The number of aromatic nitrogens is 4. The van der Waals surface area contributed by atoms with Gasteiger partial charge in [0.2, 0.25) is 0 Å². The summed E-state index contributed by atoms with van der Waals surface area (Å²) in [5.74, 6) is 1.44. The molecule has 3 rings (SSSR count). The first-order valence-electron chi connectivity index (χ1n) is 6.07. The number of halogens is 1. The molecular formula is C12H14ClN5. The van der Waals surface area contributed by atoms with Gasteiger partial charge in [0.25, 0.3) is 0 Å². The summed E-state index contributed by atoms with van der Waals surface area (Å²) in [6.45, 7) is 2.14. The van der Waals surface area contributed by atoms with E-state index in [4.69, 9.17) is 11.6 Å². The molecule has 1 aromatic heterocycles. The van der Waals surface area contributed by atoms with Crippen LogP contribution in [-0.4, -0.2) is 33.3 Å². The number of hydrogen-bond donors (Lipinski definition) is 1. The lowest BCUT2D eigenvalue weighted by molar-refractivity contribution is 0.560. The fourth-order valence-corrected chi connectivity index (χ4v) is 2.28. The van der Waals surface area contributed by atoms with E-state index < -0.39 is 0 Å². The maximum Gasteiger partial charge on any atom is 0.175 e. The Morgan fingerprint density at radius 1 is 1.33 bits per heavy atom. The Bertz CT molecular complexity index is 516. The molecule has 18 heavy (non-hydrogen) atoms. The minimum Gasteiger partial charge on any atom is -0.316 e. The lowest BCUT2D eigenvalue weighted by Crippen LogP contribution is -2.11. The zero-order valence-electron chi connectivity index (χ0n) is 9.88. The topological polar surface area (TPSA) is 55.6 Å². The maximum atomic E-state index is 5.85. The molecule has 0 bridgehead atoms. The van der Waals surface area contributed by atoms with E-state index in [2.05, 4.69) is 20.7 Å². The molecule has 0 aliphatic carbocycles. The molecule has 1 fully saturated rings. The van der Waals surface area contributed by atoms with E-state index in [0.717, 1.165) is 31.0 Å². The molecule has 1 atom stereocenters. The first kappa shape index (κ1) is 11.6. The predicted octanol–water partition coefficient (Wildman–Crippen LogP) is 1.47. The average Bonchev–Trinajstić information content (AvgIpc) is 3.02. The van der Waals surface area contributed by atoms with Crippen LogP contribution in [-0.2, 0) is 6.42 Å². The van der Waals surface area contributed by atoms with Crippen LogP contribution in [0.15, 0.2) is 24.3 Å². The smallest absolute Gasteiger partial charge is 0.175 e. The van der Waals surface area contributed by atoms with Crippen molar-refractivity contribution in [3.05, 3.63) is 35.1 Å². The van der Waals surface area contributed by atoms with Gasteiger partial charge in [0.15, 0.2) is 5.82 Å². The molecule has 1 saturated heterocycles. The molecule has 0 saturated carbocycles. The van der Waals surface area contributed by atoms with Crippen LogP contribution in [0.4, 0.5) is 0 Å². The van der Waals surface area contributed by atoms with Crippen LogP contribution < -0.4 is 5.32 Å². The summed E-state index contributed by atoms with van der Waals surface area (Å²) >= 11 is 5.85. The van der Waals surface area contributed by atoms with Crippen molar-refractivity contribution in [2.45, 2.75) is 12.8 Å². The van der Waals surface area contributed by atoms with Gasteiger partial charge >= 0.3 is 0 Å². The van der Waals surface area contributed by atoms with Crippen molar-refractivity contribution in [3.63, 3.8) is 0 Å². The zero-order valence-corrected chi connectivity index (χ0v) is 10.6. The predicted molar refractivity (Wildman–Crippen MR) is 68.8 cm³/mol. The van der Waals surface area contributed by atoms with Gasteiger partial charge in [0, 0.05) is 11.4 Å². The summed E-state index contributed by atoms with van der Waals surface area (Å²) in [6, 6.07) is 7.40. The molecule has 2 aromatic rings. The Morgan fingerprint density at radius 2 is 2.17 bits per heavy atom. The SMILES string of the molecule is Clc1ccc(-n2nnc(CC3CCNC3)n2)cc1. The molecule has 6 heteroatoms. The Hall–Kier alpha value is -1.46. The summed E-state index contributed by atoms with van der Waals surface area (Å²) in [5, 5.41) is 16.6. The van der Waals surface area contributed by atoms with Crippen LogP contribution in [0, 0.1) is 5.92 Å². The highest BCUT2D eigenvalue weighted by Gasteiger charge is 2.17. The largest absolute Gasteiger partial charge is 0.316 e. The Labute approximate surface area is 110 Å².